The van der Waals surface area contributed by atoms with Gasteiger partial charge in [-0.3, -0.25) is 4.98 Å². The largest absolute Gasteiger partial charge is 0.309 e. The number of nitrogens with zero attached hydrogens (tertiary/aromatic N) is 2. The molecule has 20 heavy (non-hydrogen) atoms. The molecule has 3 aromatic rings. The lowest BCUT2D eigenvalue weighted by molar-refractivity contribution is 0.691. The maximum Gasteiger partial charge on any atom is 0.125 e. The molecule has 1 aliphatic carbocycles. The van der Waals surface area contributed by atoms with Crippen LogP contribution in [0.1, 0.15) is 23.4 Å². The molecule has 0 unspecified atom stereocenters. The summed E-state index contributed by atoms with van der Waals surface area (Å²) in [6.07, 6.45) is 4.58. The highest BCUT2D eigenvalue weighted by molar-refractivity contribution is 7.17. The Labute approximate surface area is 125 Å². The zero-order valence-electron chi connectivity index (χ0n) is 11.2. The Morgan fingerprint density at radius 3 is 3.15 bits per heavy atom. The predicted octanol–water partition coefficient (Wildman–Crippen LogP) is 3.98. The predicted molar refractivity (Wildman–Crippen MR) is 85.3 cm³/mol. The van der Waals surface area contributed by atoms with E-state index in [1.54, 1.807) is 22.7 Å². The summed E-state index contributed by atoms with van der Waals surface area (Å²) in [7, 11) is 0. The molecule has 5 heteroatoms. The number of hydrogen-bond acceptors (Lipinski definition) is 5. The third-order valence-corrected chi connectivity index (χ3v) is 5.63. The van der Waals surface area contributed by atoms with E-state index >= 15 is 0 Å². The van der Waals surface area contributed by atoms with E-state index in [4.69, 9.17) is 4.98 Å². The van der Waals surface area contributed by atoms with Gasteiger partial charge in [0.1, 0.15) is 5.01 Å². The van der Waals surface area contributed by atoms with Crippen molar-refractivity contribution in [2.45, 2.75) is 32.4 Å². The molecule has 102 valence electrons. The van der Waals surface area contributed by atoms with Gasteiger partial charge in [0.2, 0.25) is 0 Å². The fourth-order valence-corrected chi connectivity index (χ4v) is 3.98. The van der Waals surface area contributed by atoms with Crippen molar-refractivity contribution in [1.29, 1.82) is 0 Å². The summed E-state index contributed by atoms with van der Waals surface area (Å²) in [5.74, 6) is 0. The molecule has 3 heterocycles. The molecule has 1 saturated carbocycles. The van der Waals surface area contributed by atoms with Gasteiger partial charge in [-0.2, -0.15) is 0 Å². The average molecular weight is 301 g/mol. The molecule has 0 aromatic carbocycles. The van der Waals surface area contributed by atoms with Crippen LogP contribution in [0.5, 0.6) is 0 Å². The van der Waals surface area contributed by atoms with Crippen LogP contribution in [0.2, 0.25) is 0 Å². The summed E-state index contributed by atoms with van der Waals surface area (Å²) in [6.45, 7) is 3.05. The number of thiophene rings is 1. The van der Waals surface area contributed by atoms with E-state index in [2.05, 4.69) is 34.7 Å². The third kappa shape index (κ3) is 2.37. The molecule has 0 spiro atoms. The van der Waals surface area contributed by atoms with Gasteiger partial charge < -0.3 is 5.32 Å². The van der Waals surface area contributed by atoms with Crippen molar-refractivity contribution in [1.82, 2.24) is 15.3 Å². The van der Waals surface area contributed by atoms with Crippen LogP contribution in [0.25, 0.3) is 20.8 Å². The van der Waals surface area contributed by atoms with E-state index in [0.29, 0.717) is 0 Å². The van der Waals surface area contributed by atoms with Crippen LogP contribution < -0.4 is 5.32 Å². The lowest BCUT2D eigenvalue weighted by atomic mass is 10.3. The topological polar surface area (TPSA) is 37.8 Å². The highest BCUT2D eigenvalue weighted by atomic mass is 32.1. The average Bonchev–Trinajstić information content (AvgIpc) is 3.03. The number of fused-ring (bicyclic) bond motifs is 1. The van der Waals surface area contributed by atoms with Gasteiger partial charge in [-0.05, 0) is 37.3 Å². The lowest BCUT2D eigenvalue weighted by Crippen LogP contribution is -2.14. The van der Waals surface area contributed by atoms with Gasteiger partial charge in [0, 0.05) is 29.2 Å². The molecule has 4 rings (SSSR count). The number of aromatic nitrogens is 2. The Morgan fingerprint density at radius 1 is 1.40 bits per heavy atom. The summed E-state index contributed by atoms with van der Waals surface area (Å²) in [5.41, 5.74) is 3.35. The first-order valence-corrected chi connectivity index (χ1v) is 8.52. The van der Waals surface area contributed by atoms with E-state index in [0.717, 1.165) is 34.4 Å². The summed E-state index contributed by atoms with van der Waals surface area (Å²) in [6, 6.07) is 5.00. The van der Waals surface area contributed by atoms with E-state index in [-0.39, 0.29) is 0 Å². The number of nitrogens with one attached hydrogen (secondary N) is 1. The smallest absolute Gasteiger partial charge is 0.125 e. The van der Waals surface area contributed by atoms with Gasteiger partial charge in [-0.25, -0.2) is 4.98 Å². The number of aryl methyl sites for hydroxylation is 1. The fourth-order valence-electron chi connectivity index (χ4n) is 2.20. The van der Waals surface area contributed by atoms with E-state index in [9.17, 15) is 0 Å². The van der Waals surface area contributed by atoms with Crippen LogP contribution in [0.3, 0.4) is 0 Å². The van der Waals surface area contributed by atoms with Crippen LogP contribution in [-0.4, -0.2) is 16.0 Å². The molecule has 0 aliphatic heterocycles. The van der Waals surface area contributed by atoms with Gasteiger partial charge >= 0.3 is 0 Å². The Balaban J connectivity index is 1.64. The molecule has 0 atom stereocenters. The summed E-state index contributed by atoms with van der Waals surface area (Å²) in [5, 5.41) is 6.73. The van der Waals surface area contributed by atoms with E-state index < -0.39 is 0 Å². The maximum absolute atomic E-state index is 4.71. The quantitative estimate of drug-likeness (QED) is 0.792. The number of thiazole rings is 1. The monoisotopic (exact) mass is 301 g/mol. The van der Waals surface area contributed by atoms with Crippen molar-refractivity contribution < 1.29 is 0 Å². The zero-order chi connectivity index (χ0) is 13.5. The summed E-state index contributed by atoms with van der Waals surface area (Å²) in [4.78, 5) is 10.6. The molecule has 3 nitrogen and oxygen atoms in total. The Kier molecular flexibility index (Phi) is 3.06. The van der Waals surface area contributed by atoms with Gasteiger partial charge in [0.05, 0.1) is 15.9 Å². The molecule has 1 N–H and O–H groups in total. The standard InChI is InChI=1S/C15H15N3S2/c1-9-14(8-16-11-2-3-11)20-15(18-9)10-6-13-12(17-7-10)4-5-19-13/h4-7,11,16H,2-3,8H2,1H3. The van der Waals surface area contributed by atoms with Crippen molar-refractivity contribution >= 4 is 32.9 Å². The highest BCUT2D eigenvalue weighted by Crippen LogP contribution is 2.31. The van der Waals surface area contributed by atoms with E-state index in [1.165, 1.54) is 22.4 Å². The first-order valence-electron chi connectivity index (χ1n) is 6.83. The first kappa shape index (κ1) is 12.4. The van der Waals surface area contributed by atoms with Gasteiger partial charge in [-0.1, -0.05) is 0 Å². The lowest BCUT2D eigenvalue weighted by Gasteiger charge is -1.99. The molecule has 3 aromatic heterocycles. The zero-order valence-corrected chi connectivity index (χ0v) is 12.9. The minimum atomic E-state index is 0.740. The Hall–Kier alpha value is -1.30. The second kappa shape index (κ2) is 4.91. The van der Waals surface area contributed by atoms with Crippen LogP contribution in [-0.2, 0) is 6.54 Å². The van der Waals surface area contributed by atoms with Crippen LogP contribution >= 0.6 is 22.7 Å². The van der Waals surface area contributed by atoms with Crippen molar-refractivity contribution in [2.75, 3.05) is 0 Å². The fraction of sp³-hybridized carbons (Fsp3) is 0.333. The van der Waals surface area contributed by atoms with Gasteiger partial charge in [0.25, 0.3) is 0 Å². The molecular formula is C15H15N3S2. The molecular weight excluding hydrogens is 286 g/mol. The molecule has 1 fully saturated rings. The molecule has 0 bridgehead atoms. The van der Waals surface area contributed by atoms with Crippen LogP contribution in [0.4, 0.5) is 0 Å². The number of pyridine rings is 1. The summed E-state index contributed by atoms with van der Waals surface area (Å²) < 4.78 is 1.23. The molecule has 0 amide bonds. The highest BCUT2D eigenvalue weighted by Gasteiger charge is 2.21. The van der Waals surface area contributed by atoms with Crippen LogP contribution in [0.15, 0.2) is 23.7 Å². The van der Waals surface area contributed by atoms with Crippen molar-refractivity contribution in [2.24, 2.45) is 0 Å². The second-order valence-electron chi connectivity index (χ2n) is 5.21. The van der Waals surface area contributed by atoms with Crippen molar-refractivity contribution in [3.8, 4) is 10.6 Å². The third-order valence-electron chi connectivity index (χ3n) is 3.57. The van der Waals surface area contributed by atoms with Crippen LogP contribution in [0, 0.1) is 6.92 Å². The minimum Gasteiger partial charge on any atom is -0.309 e. The minimum absolute atomic E-state index is 0.740. The molecule has 1 aliphatic rings. The number of hydrogen-bond donors (Lipinski definition) is 1. The molecule has 0 saturated heterocycles. The maximum atomic E-state index is 4.71. The van der Waals surface area contributed by atoms with Gasteiger partial charge in [-0.15, -0.1) is 22.7 Å². The van der Waals surface area contributed by atoms with Crippen molar-refractivity contribution in [3.63, 3.8) is 0 Å². The van der Waals surface area contributed by atoms with Crippen molar-refractivity contribution in [3.05, 3.63) is 34.3 Å². The Morgan fingerprint density at radius 2 is 2.30 bits per heavy atom. The normalized spacial score (nSPS) is 15.1. The number of rotatable bonds is 4. The Bertz CT molecular complexity index is 755. The molecule has 0 radical (unpaired) electrons. The second-order valence-corrected chi connectivity index (χ2v) is 7.24. The first-order chi connectivity index (χ1) is 9.79. The SMILES string of the molecule is Cc1nc(-c2cnc3ccsc3c2)sc1CNC1CC1. The van der Waals surface area contributed by atoms with E-state index in [1.807, 2.05) is 6.20 Å². The van der Waals surface area contributed by atoms with Gasteiger partial charge in [0.15, 0.2) is 0 Å². The summed E-state index contributed by atoms with van der Waals surface area (Å²) >= 11 is 3.52.